The first-order valence-electron chi connectivity index (χ1n) is 4.10. The van der Waals surface area contributed by atoms with Gasteiger partial charge in [0.1, 0.15) is 0 Å². The summed E-state index contributed by atoms with van der Waals surface area (Å²) in [5.41, 5.74) is -1.13. The van der Waals surface area contributed by atoms with Crippen LogP contribution in [0.15, 0.2) is 30.3 Å². The van der Waals surface area contributed by atoms with Crippen LogP contribution in [0, 0.1) is 0 Å². The molecule has 0 aromatic heterocycles. The summed E-state index contributed by atoms with van der Waals surface area (Å²) in [4.78, 5) is 8.10. The smallest absolute Gasteiger partial charge is 0.299 e. The van der Waals surface area contributed by atoms with E-state index in [1.54, 1.807) is 0 Å². The Balaban J connectivity index is 3.26. The molecule has 0 bridgehead atoms. The predicted molar refractivity (Wildman–Crippen MR) is 47.3 cm³/mol. The van der Waals surface area contributed by atoms with E-state index >= 15 is 0 Å². The fourth-order valence-corrected chi connectivity index (χ4v) is 1.60. The molecule has 96 valence electrons. The summed E-state index contributed by atoms with van der Waals surface area (Å²) in [5, 5.41) is 0. The van der Waals surface area contributed by atoms with Gasteiger partial charge in [-0.05, 0) is 0 Å². The maximum absolute atomic E-state index is 13.6. The van der Waals surface area contributed by atoms with Crippen molar-refractivity contribution in [3.63, 3.8) is 0 Å². The maximum atomic E-state index is 13.6. The minimum Gasteiger partial charge on any atom is -0.299 e. The van der Waals surface area contributed by atoms with E-state index in [9.17, 15) is 26.3 Å². The highest BCUT2D eigenvalue weighted by Gasteiger charge is 2.62. The largest absolute Gasteiger partial charge is 0.513 e. The van der Waals surface area contributed by atoms with Crippen molar-refractivity contribution < 1.29 is 35.7 Å². The summed E-state index contributed by atoms with van der Waals surface area (Å²) >= 11 is 0. The molecule has 0 aliphatic carbocycles. The maximum Gasteiger partial charge on any atom is 0.513 e. The summed E-state index contributed by atoms with van der Waals surface area (Å²) in [6.45, 7) is 0. The quantitative estimate of drug-likeness (QED) is 0.679. The van der Waals surface area contributed by atoms with Crippen molar-refractivity contribution in [1.29, 1.82) is 0 Å². The second-order valence-electron chi connectivity index (χ2n) is 3.00. The van der Waals surface area contributed by atoms with Crippen molar-refractivity contribution in [2.75, 3.05) is 0 Å². The average Bonchev–Trinajstić information content (AvgIpc) is 2.14. The molecule has 0 saturated heterocycles. The Labute approximate surface area is 92.5 Å². The van der Waals surface area contributed by atoms with Gasteiger partial charge in [0, 0.05) is 5.56 Å². The molecular weight excluding hydrogens is 270 g/mol. The molecule has 0 amide bonds. The summed E-state index contributed by atoms with van der Waals surface area (Å²) in [7, 11) is -6.14. The van der Waals surface area contributed by atoms with E-state index in [-0.39, 0.29) is 0 Å². The van der Waals surface area contributed by atoms with Gasteiger partial charge >= 0.3 is 19.9 Å². The molecule has 0 aliphatic rings. The van der Waals surface area contributed by atoms with Crippen LogP contribution in [0.4, 0.5) is 21.8 Å². The normalized spacial score (nSPS) is 19.4. The van der Waals surface area contributed by atoms with Gasteiger partial charge in [-0.15, -0.1) is 4.20 Å². The Hall–Kier alpha value is -0.980. The topological polar surface area (TPSA) is 46.5 Å². The standard InChI is InChI=1S/C8H6F5O3P/c9-7(8(10,11)12,16-17(13,14)15)6-4-2-1-3-5-6/h1-5H,(H,14,15). The van der Waals surface area contributed by atoms with E-state index in [1.807, 2.05) is 0 Å². The molecule has 1 aromatic carbocycles. The molecule has 1 N–H and O–H groups in total. The number of rotatable bonds is 3. The number of benzene rings is 1. The van der Waals surface area contributed by atoms with E-state index in [1.165, 1.54) is 6.07 Å². The SMILES string of the molecule is O=P(O)(F)OC(F)(c1ccccc1)C(F)(F)F. The zero-order valence-electron chi connectivity index (χ0n) is 7.99. The van der Waals surface area contributed by atoms with Crippen molar-refractivity contribution in [2.45, 2.75) is 12.0 Å². The Bertz CT molecular complexity index is 429. The van der Waals surface area contributed by atoms with Crippen LogP contribution in [0.2, 0.25) is 0 Å². The van der Waals surface area contributed by atoms with E-state index in [4.69, 9.17) is 4.89 Å². The monoisotopic (exact) mass is 276 g/mol. The average molecular weight is 276 g/mol. The van der Waals surface area contributed by atoms with Crippen LogP contribution in [0.3, 0.4) is 0 Å². The van der Waals surface area contributed by atoms with Crippen molar-refractivity contribution in [3.05, 3.63) is 35.9 Å². The van der Waals surface area contributed by atoms with E-state index in [0.717, 1.165) is 12.1 Å². The lowest BCUT2D eigenvalue weighted by molar-refractivity contribution is -0.313. The van der Waals surface area contributed by atoms with Crippen molar-refractivity contribution in [1.82, 2.24) is 0 Å². The van der Waals surface area contributed by atoms with Crippen molar-refractivity contribution in [2.24, 2.45) is 0 Å². The molecule has 0 heterocycles. The summed E-state index contributed by atoms with van der Waals surface area (Å²) in [6, 6.07) is 4.68. The van der Waals surface area contributed by atoms with Crippen LogP contribution in [-0.4, -0.2) is 11.1 Å². The lowest BCUT2D eigenvalue weighted by atomic mass is 10.1. The Morgan fingerprint density at radius 2 is 1.59 bits per heavy atom. The second kappa shape index (κ2) is 4.36. The first kappa shape index (κ1) is 14.1. The molecule has 0 radical (unpaired) electrons. The third-order valence-electron chi connectivity index (χ3n) is 1.75. The van der Waals surface area contributed by atoms with Gasteiger partial charge in [-0.3, -0.25) is 4.89 Å². The van der Waals surface area contributed by atoms with Gasteiger partial charge in [0.15, 0.2) is 0 Å². The number of alkyl halides is 4. The molecule has 1 aromatic rings. The molecule has 2 atom stereocenters. The molecule has 1 rings (SSSR count). The van der Waals surface area contributed by atoms with Crippen LogP contribution in [-0.2, 0) is 14.9 Å². The van der Waals surface area contributed by atoms with Crippen LogP contribution in [0.1, 0.15) is 5.56 Å². The van der Waals surface area contributed by atoms with Crippen LogP contribution >= 0.6 is 7.91 Å². The highest BCUT2D eigenvalue weighted by atomic mass is 31.2. The molecule has 0 fully saturated rings. The van der Waals surface area contributed by atoms with Gasteiger partial charge in [-0.1, -0.05) is 30.3 Å². The Morgan fingerprint density at radius 1 is 1.12 bits per heavy atom. The van der Waals surface area contributed by atoms with Crippen LogP contribution in [0.5, 0.6) is 0 Å². The molecule has 0 spiro atoms. The summed E-state index contributed by atoms with van der Waals surface area (Å²) < 4.78 is 76.3. The second-order valence-corrected chi connectivity index (χ2v) is 4.09. The predicted octanol–water partition coefficient (Wildman–Crippen LogP) is 3.46. The van der Waals surface area contributed by atoms with Gasteiger partial charge in [0.25, 0.3) is 0 Å². The number of halogens is 5. The van der Waals surface area contributed by atoms with E-state index in [2.05, 4.69) is 4.52 Å². The van der Waals surface area contributed by atoms with Crippen LogP contribution < -0.4 is 0 Å². The summed E-state index contributed by atoms with van der Waals surface area (Å²) in [5.74, 6) is -4.67. The third-order valence-corrected chi connectivity index (χ3v) is 2.22. The zero-order valence-corrected chi connectivity index (χ0v) is 8.88. The molecule has 0 aliphatic heterocycles. The van der Waals surface area contributed by atoms with Crippen molar-refractivity contribution >= 4 is 7.91 Å². The lowest BCUT2D eigenvalue weighted by Crippen LogP contribution is -2.39. The fraction of sp³-hybridized carbons (Fsp3) is 0.250. The fourth-order valence-electron chi connectivity index (χ4n) is 1.08. The van der Waals surface area contributed by atoms with E-state index in [0.29, 0.717) is 12.1 Å². The molecule has 3 nitrogen and oxygen atoms in total. The molecule has 2 unspecified atom stereocenters. The lowest BCUT2D eigenvalue weighted by Gasteiger charge is -2.27. The zero-order chi connectivity index (χ0) is 13.3. The first-order chi connectivity index (χ1) is 7.56. The Morgan fingerprint density at radius 3 is 1.94 bits per heavy atom. The van der Waals surface area contributed by atoms with E-state index < -0.39 is 25.5 Å². The number of hydrogen-bond acceptors (Lipinski definition) is 2. The highest BCUT2D eigenvalue weighted by Crippen LogP contribution is 2.56. The Kier molecular flexibility index (Phi) is 3.61. The minimum absolute atomic E-state index is 0.656. The van der Waals surface area contributed by atoms with Gasteiger partial charge in [-0.2, -0.15) is 17.6 Å². The van der Waals surface area contributed by atoms with Crippen molar-refractivity contribution in [3.8, 4) is 0 Å². The molecule has 9 heteroatoms. The van der Waals surface area contributed by atoms with Gasteiger partial charge < -0.3 is 0 Å². The third kappa shape index (κ3) is 3.24. The minimum atomic E-state index is -6.14. The van der Waals surface area contributed by atoms with Crippen LogP contribution in [0.25, 0.3) is 0 Å². The first-order valence-corrected chi connectivity index (χ1v) is 5.57. The summed E-state index contributed by atoms with van der Waals surface area (Å²) in [6.07, 6.45) is -5.70. The molecule has 17 heavy (non-hydrogen) atoms. The van der Waals surface area contributed by atoms with Gasteiger partial charge in [0.2, 0.25) is 0 Å². The van der Waals surface area contributed by atoms with Gasteiger partial charge in [0.05, 0.1) is 0 Å². The molecule has 0 saturated carbocycles. The highest BCUT2D eigenvalue weighted by molar-refractivity contribution is 7.46. The van der Waals surface area contributed by atoms with Gasteiger partial charge in [-0.25, -0.2) is 9.09 Å². The number of hydrogen-bond donors (Lipinski definition) is 1. The molecular formula is C8H6F5O3P.